The highest BCUT2D eigenvalue weighted by atomic mass is 32.2. The van der Waals surface area contributed by atoms with E-state index in [4.69, 9.17) is 4.18 Å². The third-order valence-corrected chi connectivity index (χ3v) is 3.40. The van der Waals surface area contributed by atoms with E-state index < -0.39 is 33.4 Å². The van der Waals surface area contributed by atoms with Gasteiger partial charge in [-0.05, 0) is 17.1 Å². The van der Waals surface area contributed by atoms with Crippen LogP contribution in [0, 0.1) is 5.41 Å². The summed E-state index contributed by atoms with van der Waals surface area (Å²) in [6, 6.07) is 7.21. The molecule has 1 aromatic rings. The first-order valence-electron chi connectivity index (χ1n) is 6.53. The third-order valence-electron chi connectivity index (χ3n) is 2.84. The highest BCUT2D eigenvalue weighted by Crippen LogP contribution is 2.37. The molecule has 0 aromatic heterocycles. The zero-order valence-corrected chi connectivity index (χ0v) is 13.6. The molecule has 0 spiro atoms. The van der Waals surface area contributed by atoms with Crippen LogP contribution in [0.25, 0.3) is 5.57 Å². The molecule has 22 heavy (non-hydrogen) atoms. The summed E-state index contributed by atoms with van der Waals surface area (Å²) in [5.41, 5.74) is -1.79. The lowest BCUT2D eigenvalue weighted by Gasteiger charge is -2.28. The standard InChI is InChI=1S/C15H19F3O3S/c1-14(2,3)13(21-22(4,19)20)10-12(15(16,17)18)11-8-6-5-7-9-11/h5-10,13H,1-4H3/b12-10+. The van der Waals surface area contributed by atoms with E-state index in [2.05, 4.69) is 0 Å². The molecule has 0 aliphatic rings. The molecule has 0 amide bonds. The zero-order chi connectivity index (χ0) is 17.2. The van der Waals surface area contributed by atoms with Crippen molar-refractivity contribution in [1.82, 2.24) is 0 Å². The largest absolute Gasteiger partial charge is 0.416 e. The van der Waals surface area contributed by atoms with Crippen molar-refractivity contribution < 1.29 is 25.8 Å². The van der Waals surface area contributed by atoms with Gasteiger partial charge in [0, 0.05) is 0 Å². The molecule has 1 atom stereocenters. The van der Waals surface area contributed by atoms with Crippen LogP contribution < -0.4 is 0 Å². The molecule has 0 aliphatic carbocycles. The van der Waals surface area contributed by atoms with E-state index in [1.54, 1.807) is 26.8 Å². The van der Waals surface area contributed by atoms with Crippen LogP contribution in [0.3, 0.4) is 0 Å². The molecule has 0 saturated carbocycles. The highest BCUT2D eigenvalue weighted by molar-refractivity contribution is 7.86. The Bertz CT molecular complexity index is 626. The summed E-state index contributed by atoms with van der Waals surface area (Å²) < 4.78 is 67.4. The topological polar surface area (TPSA) is 43.4 Å². The fourth-order valence-corrected chi connectivity index (χ4v) is 2.45. The molecule has 0 radical (unpaired) electrons. The molecule has 124 valence electrons. The van der Waals surface area contributed by atoms with Gasteiger partial charge in [-0.3, -0.25) is 4.18 Å². The average Bonchev–Trinajstić information content (AvgIpc) is 2.31. The van der Waals surface area contributed by atoms with Crippen molar-refractivity contribution in [2.24, 2.45) is 5.41 Å². The van der Waals surface area contributed by atoms with E-state index >= 15 is 0 Å². The number of halogens is 3. The van der Waals surface area contributed by atoms with E-state index in [0.717, 1.165) is 12.3 Å². The summed E-state index contributed by atoms with van der Waals surface area (Å²) in [4.78, 5) is 0. The Kier molecular flexibility index (Phi) is 5.46. The summed E-state index contributed by atoms with van der Waals surface area (Å²) in [5, 5.41) is 0. The van der Waals surface area contributed by atoms with Gasteiger partial charge in [0.15, 0.2) is 0 Å². The molecule has 0 saturated heterocycles. The second kappa shape index (κ2) is 6.42. The minimum Gasteiger partial charge on any atom is -0.262 e. The molecular weight excluding hydrogens is 317 g/mol. The van der Waals surface area contributed by atoms with Gasteiger partial charge in [-0.15, -0.1) is 0 Å². The third kappa shape index (κ3) is 5.81. The van der Waals surface area contributed by atoms with Crippen molar-refractivity contribution in [3.05, 3.63) is 42.0 Å². The lowest BCUT2D eigenvalue weighted by Crippen LogP contribution is -2.31. The van der Waals surface area contributed by atoms with Crippen molar-refractivity contribution in [1.29, 1.82) is 0 Å². The maximum absolute atomic E-state index is 13.3. The van der Waals surface area contributed by atoms with E-state index in [9.17, 15) is 21.6 Å². The van der Waals surface area contributed by atoms with Crippen LogP contribution in [-0.4, -0.2) is 27.0 Å². The lowest BCUT2D eigenvalue weighted by molar-refractivity contribution is -0.0697. The molecule has 0 N–H and O–H groups in total. The quantitative estimate of drug-likeness (QED) is 0.780. The predicted molar refractivity (Wildman–Crippen MR) is 79.6 cm³/mol. The molecule has 7 heteroatoms. The van der Waals surface area contributed by atoms with E-state index in [-0.39, 0.29) is 5.56 Å². The highest BCUT2D eigenvalue weighted by Gasteiger charge is 2.37. The molecule has 0 fully saturated rings. The number of benzene rings is 1. The summed E-state index contributed by atoms with van der Waals surface area (Å²) in [6.07, 6.45) is -4.21. The normalized spacial score (nSPS) is 15.7. The Morgan fingerprint density at radius 1 is 1.14 bits per heavy atom. The van der Waals surface area contributed by atoms with Gasteiger partial charge in [-0.1, -0.05) is 51.1 Å². The van der Waals surface area contributed by atoms with Gasteiger partial charge >= 0.3 is 6.18 Å². The van der Waals surface area contributed by atoms with Crippen molar-refractivity contribution in [2.45, 2.75) is 33.1 Å². The van der Waals surface area contributed by atoms with Crippen LogP contribution >= 0.6 is 0 Å². The van der Waals surface area contributed by atoms with Gasteiger partial charge in [0.2, 0.25) is 0 Å². The van der Waals surface area contributed by atoms with E-state index in [1.807, 2.05) is 0 Å². The Hall–Kier alpha value is -1.34. The lowest BCUT2D eigenvalue weighted by atomic mass is 9.87. The number of rotatable bonds is 4. The molecule has 1 rings (SSSR count). The SMILES string of the molecule is CC(C)(C)C(/C=C(\c1ccccc1)C(F)(F)F)OS(C)(=O)=O. The molecular formula is C15H19F3O3S. The van der Waals surface area contributed by atoms with Crippen molar-refractivity contribution in [3.8, 4) is 0 Å². The predicted octanol–water partition coefficient (Wildman–Crippen LogP) is 4.02. The van der Waals surface area contributed by atoms with E-state index in [1.165, 1.54) is 24.3 Å². The average molecular weight is 336 g/mol. The fraction of sp³-hybridized carbons (Fsp3) is 0.467. The maximum Gasteiger partial charge on any atom is 0.416 e. The van der Waals surface area contributed by atoms with Crippen LogP contribution in [0.2, 0.25) is 0 Å². The molecule has 0 heterocycles. The van der Waals surface area contributed by atoms with Crippen LogP contribution in [-0.2, 0) is 14.3 Å². The first kappa shape index (κ1) is 18.7. The first-order chi connectivity index (χ1) is 9.81. The molecule has 0 aliphatic heterocycles. The van der Waals surface area contributed by atoms with Crippen molar-refractivity contribution >= 4 is 15.7 Å². The van der Waals surface area contributed by atoms with E-state index in [0.29, 0.717) is 0 Å². The van der Waals surface area contributed by atoms with Gasteiger partial charge in [0.05, 0.1) is 11.8 Å². The van der Waals surface area contributed by atoms with Crippen LogP contribution in [0.15, 0.2) is 36.4 Å². The van der Waals surface area contributed by atoms with Crippen molar-refractivity contribution in [2.75, 3.05) is 6.26 Å². The number of alkyl halides is 3. The minimum absolute atomic E-state index is 0.0404. The Labute approximate surface area is 128 Å². The molecule has 0 bridgehead atoms. The van der Waals surface area contributed by atoms with Gasteiger partial charge in [-0.2, -0.15) is 21.6 Å². The van der Waals surface area contributed by atoms with Crippen molar-refractivity contribution in [3.63, 3.8) is 0 Å². The van der Waals surface area contributed by atoms with Gasteiger partial charge in [0.1, 0.15) is 6.10 Å². The second-order valence-electron chi connectivity index (χ2n) is 6.03. The van der Waals surface area contributed by atoms with Crippen LogP contribution in [0.5, 0.6) is 0 Å². The van der Waals surface area contributed by atoms with Gasteiger partial charge < -0.3 is 0 Å². The number of hydrogen-bond acceptors (Lipinski definition) is 3. The molecule has 1 aromatic carbocycles. The minimum atomic E-state index is -4.62. The van der Waals surface area contributed by atoms with Crippen LogP contribution in [0.4, 0.5) is 13.2 Å². The van der Waals surface area contributed by atoms with Gasteiger partial charge in [0.25, 0.3) is 10.1 Å². The number of hydrogen-bond donors (Lipinski definition) is 0. The summed E-state index contributed by atoms with van der Waals surface area (Å²) >= 11 is 0. The molecule has 3 nitrogen and oxygen atoms in total. The summed E-state index contributed by atoms with van der Waals surface area (Å²) in [7, 11) is -3.89. The first-order valence-corrected chi connectivity index (χ1v) is 8.35. The Balaban J connectivity index is 3.40. The number of allylic oxidation sites excluding steroid dienone is 1. The zero-order valence-electron chi connectivity index (χ0n) is 12.8. The Morgan fingerprint density at radius 3 is 2.00 bits per heavy atom. The Morgan fingerprint density at radius 2 is 1.64 bits per heavy atom. The van der Waals surface area contributed by atoms with Gasteiger partial charge in [-0.25, -0.2) is 0 Å². The smallest absolute Gasteiger partial charge is 0.262 e. The molecule has 1 unspecified atom stereocenters. The fourth-order valence-electron chi connectivity index (χ4n) is 1.73. The summed E-state index contributed by atoms with van der Waals surface area (Å²) in [6.45, 7) is 4.83. The monoisotopic (exact) mass is 336 g/mol. The second-order valence-corrected chi connectivity index (χ2v) is 7.63. The van der Waals surface area contributed by atoms with Crippen LogP contribution in [0.1, 0.15) is 26.3 Å². The summed E-state index contributed by atoms with van der Waals surface area (Å²) in [5.74, 6) is 0. The maximum atomic E-state index is 13.3.